The smallest absolute Gasteiger partial charge is 0.274 e. The fourth-order valence-electron chi connectivity index (χ4n) is 2.48. The molecule has 1 fully saturated rings. The van der Waals surface area contributed by atoms with Gasteiger partial charge in [0.2, 0.25) is 0 Å². The van der Waals surface area contributed by atoms with Gasteiger partial charge in [-0.3, -0.25) is 4.79 Å². The van der Waals surface area contributed by atoms with Gasteiger partial charge in [-0.2, -0.15) is 0 Å². The average Bonchev–Trinajstić information content (AvgIpc) is 2.40. The molecule has 4 nitrogen and oxygen atoms in total. The molecular formula is C13H18ClN3O. The number of carbonyl (C=O) groups excluding carboxylic acids is 1. The highest BCUT2D eigenvalue weighted by Gasteiger charge is 2.27. The van der Waals surface area contributed by atoms with Gasteiger partial charge in [0.25, 0.3) is 5.91 Å². The highest BCUT2D eigenvalue weighted by Crippen LogP contribution is 2.22. The topological polar surface area (TPSA) is 46.1 Å². The summed E-state index contributed by atoms with van der Waals surface area (Å²) in [6, 6.07) is 3.62. The van der Waals surface area contributed by atoms with E-state index in [4.69, 9.17) is 11.6 Å². The summed E-state index contributed by atoms with van der Waals surface area (Å²) >= 11 is 5.68. The standard InChI is InChI=1S/C13H18ClN3O/c1-2-5-10-6-3-4-9-17(10)13(18)11-7-8-12(14)16-15-11/h7-8,10H,2-6,9H2,1H3. The number of amides is 1. The number of carbonyl (C=O) groups is 1. The van der Waals surface area contributed by atoms with Crippen LogP contribution in [0.1, 0.15) is 49.5 Å². The molecule has 1 aliphatic rings. The predicted molar refractivity (Wildman–Crippen MR) is 70.6 cm³/mol. The third-order valence-electron chi connectivity index (χ3n) is 3.36. The first-order valence-corrected chi connectivity index (χ1v) is 6.90. The van der Waals surface area contributed by atoms with Crippen molar-refractivity contribution in [3.8, 4) is 0 Å². The molecule has 0 saturated carbocycles. The average molecular weight is 268 g/mol. The Morgan fingerprint density at radius 3 is 2.94 bits per heavy atom. The van der Waals surface area contributed by atoms with Crippen LogP contribution in [-0.4, -0.2) is 33.6 Å². The lowest BCUT2D eigenvalue weighted by molar-refractivity contribution is 0.0593. The van der Waals surface area contributed by atoms with Gasteiger partial charge >= 0.3 is 0 Å². The molecule has 0 bridgehead atoms. The normalized spacial score (nSPS) is 19.9. The Hall–Kier alpha value is -1.16. The quantitative estimate of drug-likeness (QED) is 0.846. The summed E-state index contributed by atoms with van der Waals surface area (Å²) in [5, 5.41) is 7.92. The summed E-state index contributed by atoms with van der Waals surface area (Å²) in [5.74, 6) is -0.0164. The molecule has 0 aromatic carbocycles. The number of hydrogen-bond donors (Lipinski definition) is 0. The minimum Gasteiger partial charge on any atom is -0.334 e. The molecule has 1 unspecified atom stereocenters. The van der Waals surface area contributed by atoms with Crippen molar-refractivity contribution in [2.24, 2.45) is 0 Å². The molecule has 2 heterocycles. The largest absolute Gasteiger partial charge is 0.334 e. The van der Waals surface area contributed by atoms with E-state index >= 15 is 0 Å². The Labute approximate surface area is 112 Å². The summed E-state index contributed by atoms with van der Waals surface area (Å²) in [5.41, 5.74) is 0.391. The van der Waals surface area contributed by atoms with Crippen LogP contribution in [0.2, 0.25) is 5.15 Å². The van der Waals surface area contributed by atoms with E-state index in [1.54, 1.807) is 12.1 Å². The predicted octanol–water partition coefficient (Wildman–Crippen LogP) is 2.92. The summed E-state index contributed by atoms with van der Waals surface area (Å²) in [6.07, 6.45) is 5.54. The van der Waals surface area contributed by atoms with Crippen LogP contribution in [0.4, 0.5) is 0 Å². The zero-order valence-electron chi connectivity index (χ0n) is 10.6. The van der Waals surface area contributed by atoms with Crippen LogP contribution in [0.15, 0.2) is 12.1 Å². The number of likely N-dealkylation sites (tertiary alicyclic amines) is 1. The van der Waals surface area contributed by atoms with Gasteiger partial charge in [-0.05, 0) is 37.8 Å². The van der Waals surface area contributed by atoms with E-state index in [0.29, 0.717) is 16.9 Å². The molecule has 1 aromatic rings. The van der Waals surface area contributed by atoms with Crippen molar-refractivity contribution in [3.63, 3.8) is 0 Å². The number of hydrogen-bond acceptors (Lipinski definition) is 3. The van der Waals surface area contributed by atoms with Gasteiger partial charge < -0.3 is 4.90 Å². The van der Waals surface area contributed by atoms with Crippen molar-refractivity contribution in [1.29, 1.82) is 0 Å². The van der Waals surface area contributed by atoms with E-state index in [9.17, 15) is 4.79 Å². The van der Waals surface area contributed by atoms with Gasteiger partial charge in [-0.1, -0.05) is 24.9 Å². The molecule has 5 heteroatoms. The minimum atomic E-state index is -0.0164. The third kappa shape index (κ3) is 2.99. The Kier molecular flexibility index (Phi) is 4.53. The van der Waals surface area contributed by atoms with Gasteiger partial charge in [0.1, 0.15) is 0 Å². The van der Waals surface area contributed by atoms with Crippen LogP contribution >= 0.6 is 11.6 Å². The lowest BCUT2D eigenvalue weighted by Crippen LogP contribution is -2.44. The maximum atomic E-state index is 12.4. The van der Waals surface area contributed by atoms with E-state index in [0.717, 1.165) is 32.2 Å². The summed E-state index contributed by atoms with van der Waals surface area (Å²) < 4.78 is 0. The first-order chi connectivity index (χ1) is 8.72. The molecule has 1 aliphatic heterocycles. The van der Waals surface area contributed by atoms with Crippen molar-refractivity contribution in [1.82, 2.24) is 15.1 Å². The van der Waals surface area contributed by atoms with E-state index in [-0.39, 0.29) is 5.91 Å². The second kappa shape index (κ2) is 6.14. The van der Waals surface area contributed by atoms with Crippen LogP contribution in [0.25, 0.3) is 0 Å². The second-order valence-electron chi connectivity index (χ2n) is 4.68. The maximum Gasteiger partial charge on any atom is 0.274 e. The molecule has 1 amide bonds. The maximum absolute atomic E-state index is 12.4. The van der Waals surface area contributed by atoms with E-state index < -0.39 is 0 Å². The Morgan fingerprint density at radius 2 is 2.28 bits per heavy atom. The van der Waals surface area contributed by atoms with Gasteiger partial charge in [0.15, 0.2) is 10.8 Å². The molecule has 0 spiro atoms. The molecule has 1 saturated heterocycles. The van der Waals surface area contributed by atoms with Crippen molar-refractivity contribution in [2.45, 2.75) is 45.1 Å². The Morgan fingerprint density at radius 1 is 1.44 bits per heavy atom. The molecule has 2 rings (SSSR count). The van der Waals surface area contributed by atoms with Gasteiger partial charge in [0.05, 0.1) is 0 Å². The minimum absolute atomic E-state index is 0.0164. The number of piperidine rings is 1. The highest BCUT2D eigenvalue weighted by atomic mass is 35.5. The second-order valence-corrected chi connectivity index (χ2v) is 5.07. The Balaban J connectivity index is 2.12. The summed E-state index contributed by atoms with van der Waals surface area (Å²) in [7, 11) is 0. The molecule has 0 radical (unpaired) electrons. The SMILES string of the molecule is CCCC1CCCCN1C(=O)c1ccc(Cl)nn1. The molecule has 0 aliphatic carbocycles. The van der Waals surface area contributed by atoms with Crippen LogP contribution in [0.3, 0.4) is 0 Å². The third-order valence-corrected chi connectivity index (χ3v) is 3.56. The van der Waals surface area contributed by atoms with E-state index in [1.165, 1.54) is 6.42 Å². The lowest BCUT2D eigenvalue weighted by atomic mass is 9.98. The highest BCUT2D eigenvalue weighted by molar-refractivity contribution is 6.29. The van der Waals surface area contributed by atoms with Gasteiger partial charge in [-0.25, -0.2) is 0 Å². The van der Waals surface area contributed by atoms with Crippen molar-refractivity contribution in [2.75, 3.05) is 6.54 Å². The molecule has 18 heavy (non-hydrogen) atoms. The van der Waals surface area contributed by atoms with Crippen molar-refractivity contribution in [3.05, 3.63) is 23.0 Å². The zero-order chi connectivity index (χ0) is 13.0. The van der Waals surface area contributed by atoms with E-state index in [2.05, 4.69) is 17.1 Å². The van der Waals surface area contributed by atoms with Crippen LogP contribution in [-0.2, 0) is 0 Å². The monoisotopic (exact) mass is 267 g/mol. The number of aromatic nitrogens is 2. The molecule has 1 aromatic heterocycles. The fourth-order valence-corrected chi connectivity index (χ4v) is 2.58. The van der Waals surface area contributed by atoms with Crippen LogP contribution < -0.4 is 0 Å². The molecule has 98 valence electrons. The molecule has 1 atom stereocenters. The number of halogens is 1. The first kappa shape index (κ1) is 13.3. The van der Waals surface area contributed by atoms with Crippen LogP contribution in [0, 0.1) is 0 Å². The van der Waals surface area contributed by atoms with Crippen molar-refractivity contribution >= 4 is 17.5 Å². The molecule has 0 N–H and O–H groups in total. The van der Waals surface area contributed by atoms with Gasteiger partial charge in [0, 0.05) is 12.6 Å². The molecular weight excluding hydrogens is 250 g/mol. The summed E-state index contributed by atoms with van der Waals surface area (Å²) in [6.45, 7) is 2.98. The van der Waals surface area contributed by atoms with Gasteiger partial charge in [-0.15, -0.1) is 10.2 Å². The number of rotatable bonds is 3. The lowest BCUT2D eigenvalue weighted by Gasteiger charge is -2.35. The first-order valence-electron chi connectivity index (χ1n) is 6.52. The fraction of sp³-hybridized carbons (Fsp3) is 0.615. The van der Waals surface area contributed by atoms with E-state index in [1.807, 2.05) is 4.90 Å². The Bertz CT molecular complexity index is 405. The number of nitrogens with zero attached hydrogens (tertiary/aromatic N) is 3. The van der Waals surface area contributed by atoms with Crippen LogP contribution in [0.5, 0.6) is 0 Å². The summed E-state index contributed by atoms with van der Waals surface area (Å²) in [4.78, 5) is 14.3. The van der Waals surface area contributed by atoms with Crippen molar-refractivity contribution < 1.29 is 4.79 Å². The zero-order valence-corrected chi connectivity index (χ0v) is 11.4.